The minimum atomic E-state index is -0.775. The summed E-state index contributed by atoms with van der Waals surface area (Å²) in [6.07, 6.45) is 5.32. The lowest BCUT2D eigenvalue weighted by atomic mass is 9.96. The molecule has 1 aromatic rings. The summed E-state index contributed by atoms with van der Waals surface area (Å²) in [5.41, 5.74) is 2.59. The Kier molecular flexibility index (Phi) is 5.18. The summed E-state index contributed by atoms with van der Waals surface area (Å²) >= 11 is 0. The van der Waals surface area contributed by atoms with Crippen LogP contribution in [0, 0.1) is 5.92 Å². The van der Waals surface area contributed by atoms with Crippen LogP contribution in [-0.2, 0) is 11.3 Å². The van der Waals surface area contributed by atoms with E-state index in [1.807, 2.05) is 13.8 Å². The van der Waals surface area contributed by atoms with Crippen molar-refractivity contribution >= 4 is 5.97 Å². The number of hydrogen-bond acceptors (Lipinski definition) is 2. The Labute approximate surface area is 121 Å². The number of carboxylic acid groups (broad SMARTS) is 1. The Morgan fingerprint density at radius 1 is 1.25 bits per heavy atom. The van der Waals surface area contributed by atoms with Gasteiger partial charge in [-0.05, 0) is 35.8 Å². The molecule has 1 atom stereocenters. The van der Waals surface area contributed by atoms with Gasteiger partial charge in [-0.25, -0.2) is 0 Å². The van der Waals surface area contributed by atoms with Crippen LogP contribution in [0.3, 0.4) is 0 Å². The first-order valence-electron chi connectivity index (χ1n) is 7.63. The topological polar surface area (TPSA) is 49.3 Å². The predicted molar refractivity (Wildman–Crippen MR) is 80.8 cm³/mol. The monoisotopic (exact) mass is 275 g/mol. The Morgan fingerprint density at radius 2 is 1.85 bits per heavy atom. The second kappa shape index (κ2) is 6.89. The number of carbonyl (C=O) groups is 1. The van der Waals surface area contributed by atoms with Crippen molar-refractivity contribution in [3.05, 3.63) is 35.4 Å². The van der Waals surface area contributed by atoms with Gasteiger partial charge >= 0.3 is 5.97 Å². The zero-order valence-electron chi connectivity index (χ0n) is 12.4. The molecule has 0 bridgehead atoms. The van der Waals surface area contributed by atoms with Gasteiger partial charge in [0, 0.05) is 6.54 Å². The summed E-state index contributed by atoms with van der Waals surface area (Å²) < 4.78 is 0. The maximum absolute atomic E-state index is 11.1. The summed E-state index contributed by atoms with van der Waals surface area (Å²) in [5.74, 6) is 0.0484. The van der Waals surface area contributed by atoms with Crippen molar-refractivity contribution in [2.75, 3.05) is 0 Å². The number of aliphatic carboxylic acids is 1. The molecule has 1 aliphatic rings. The summed E-state index contributed by atoms with van der Waals surface area (Å²) in [6, 6.07) is 8.18. The zero-order chi connectivity index (χ0) is 14.5. The highest BCUT2D eigenvalue weighted by Gasteiger charge is 2.20. The molecule has 110 valence electrons. The fraction of sp³-hybridized carbons (Fsp3) is 0.588. The average molecular weight is 275 g/mol. The molecule has 1 fully saturated rings. The van der Waals surface area contributed by atoms with E-state index in [0.717, 1.165) is 11.5 Å². The molecule has 0 aromatic heterocycles. The Morgan fingerprint density at radius 3 is 2.35 bits per heavy atom. The van der Waals surface area contributed by atoms with Gasteiger partial charge < -0.3 is 10.4 Å². The standard InChI is InChI=1S/C17H25NO2/c1-12(2)16(17(19)20)18-11-13-7-9-15(10-8-13)14-5-3-4-6-14/h7-10,12,14,16,18H,3-6,11H2,1-2H3,(H,19,20)/t16-/m1/s1. The highest BCUT2D eigenvalue weighted by Crippen LogP contribution is 2.33. The Hall–Kier alpha value is -1.35. The number of benzene rings is 1. The number of rotatable bonds is 6. The summed E-state index contributed by atoms with van der Waals surface area (Å²) in [4.78, 5) is 11.1. The van der Waals surface area contributed by atoms with Gasteiger partial charge in [0.15, 0.2) is 0 Å². The van der Waals surface area contributed by atoms with E-state index in [1.54, 1.807) is 0 Å². The highest BCUT2D eigenvalue weighted by molar-refractivity contribution is 5.73. The van der Waals surface area contributed by atoms with Gasteiger partial charge in [-0.15, -0.1) is 0 Å². The van der Waals surface area contributed by atoms with Crippen LogP contribution in [0.1, 0.15) is 56.6 Å². The van der Waals surface area contributed by atoms with E-state index < -0.39 is 12.0 Å². The van der Waals surface area contributed by atoms with Crippen LogP contribution in [0.2, 0.25) is 0 Å². The van der Waals surface area contributed by atoms with Crippen molar-refractivity contribution in [2.24, 2.45) is 5.92 Å². The van der Waals surface area contributed by atoms with Gasteiger partial charge in [-0.3, -0.25) is 4.79 Å². The molecule has 3 nitrogen and oxygen atoms in total. The van der Waals surface area contributed by atoms with E-state index in [9.17, 15) is 4.79 Å². The molecular weight excluding hydrogens is 250 g/mol. The molecule has 0 radical (unpaired) electrons. The Bertz CT molecular complexity index is 433. The quantitative estimate of drug-likeness (QED) is 0.835. The van der Waals surface area contributed by atoms with E-state index in [-0.39, 0.29) is 5.92 Å². The van der Waals surface area contributed by atoms with Crippen LogP contribution >= 0.6 is 0 Å². The third-order valence-corrected chi connectivity index (χ3v) is 4.27. The normalized spacial score (nSPS) is 17.6. The minimum Gasteiger partial charge on any atom is -0.480 e. The van der Waals surface area contributed by atoms with Crippen molar-refractivity contribution in [2.45, 2.75) is 58.0 Å². The van der Waals surface area contributed by atoms with Crippen LogP contribution in [0.4, 0.5) is 0 Å². The van der Waals surface area contributed by atoms with Crippen molar-refractivity contribution < 1.29 is 9.90 Å². The molecule has 1 aromatic carbocycles. The number of hydrogen-bond donors (Lipinski definition) is 2. The molecule has 0 unspecified atom stereocenters. The van der Waals surface area contributed by atoms with Gasteiger partial charge in [0.2, 0.25) is 0 Å². The Balaban J connectivity index is 1.91. The maximum atomic E-state index is 11.1. The average Bonchev–Trinajstić information content (AvgIpc) is 2.92. The second-order valence-electron chi connectivity index (χ2n) is 6.16. The van der Waals surface area contributed by atoms with Crippen LogP contribution in [0.5, 0.6) is 0 Å². The second-order valence-corrected chi connectivity index (χ2v) is 6.16. The fourth-order valence-corrected chi connectivity index (χ4v) is 3.00. The summed E-state index contributed by atoms with van der Waals surface area (Å²) in [7, 11) is 0. The summed E-state index contributed by atoms with van der Waals surface area (Å²) in [6.45, 7) is 4.46. The van der Waals surface area contributed by atoms with Gasteiger partial charge in [-0.2, -0.15) is 0 Å². The molecule has 0 spiro atoms. The lowest BCUT2D eigenvalue weighted by Gasteiger charge is -2.18. The zero-order valence-corrected chi connectivity index (χ0v) is 12.4. The van der Waals surface area contributed by atoms with E-state index in [1.165, 1.54) is 31.2 Å². The largest absolute Gasteiger partial charge is 0.480 e. The van der Waals surface area contributed by atoms with Crippen LogP contribution < -0.4 is 5.32 Å². The number of carboxylic acids is 1. The SMILES string of the molecule is CC(C)[C@@H](NCc1ccc(C2CCCC2)cc1)C(=O)O. The maximum Gasteiger partial charge on any atom is 0.320 e. The molecule has 3 heteroatoms. The van der Waals surface area contributed by atoms with Gasteiger partial charge in [0.25, 0.3) is 0 Å². The van der Waals surface area contributed by atoms with Crippen molar-refractivity contribution in [3.63, 3.8) is 0 Å². The molecule has 1 saturated carbocycles. The molecule has 0 heterocycles. The van der Waals surface area contributed by atoms with Gasteiger partial charge in [0.1, 0.15) is 6.04 Å². The molecule has 0 aliphatic heterocycles. The molecule has 2 N–H and O–H groups in total. The minimum absolute atomic E-state index is 0.0882. The smallest absolute Gasteiger partial charge is 0.320 e. The first kappa shape index (κ1) is 15.0. The van der Waals surface area contributed by atoms with E-state index >= 15 is 0 Å². The molecule has 2 rings (SSSR count). The van der Waals surface area contributed by atoms with Crippen LogP contribution in [-0.4, -0.2) is 17.1 Å². The van der Waals surface area contributed by atoms with E-state index in [2.05, 4.69) is 29.6 Å². The first-order chi connectivity index (χ1) is 9.58. The van der Waals surface area contributed by atoms with E-state index in [4.69, 9.17) is 5.11 Å². The highest BCUT2D eigenvalue weighted by atomic mass is 16.4. The number of nitrogens with one attached hydrogen (secondary N) is 1. The van der Waals surface area contributed by atoms with Gasteiger partial charge in [-0.1, -0.05) is 51.0 Å². The first-order valence-corrected chi connectivity index (χ1v) is 7.63. The third kappa shape index (κ3) is 3.83. The lowest BCUT2D eigenvalue weighted by molar-refractivity contribution is -0.140. The van der Waals surface area contributed by atoms with Gasteiger partial charge in [0.05, 0.1) is 0 Å². The van der Waals surface area contributed by atoms with E-state index in [0.29, 0.717) is 6.54 Å². The predicted octanol–water partition coefficient (Wildman–Crippen LogP) is 3.54. The van der Waals surface area contributed by atoms with Crippen molar-refractivity contribution in [3.8, 4) is 0 Å². The molecule has 0 amide bonds. The van der Waals surface area contributed by atoms with Crippen LogP contribution in [0.25, 0.3) is 0 Å². The molecule has 1 aliphatic carbocycles. The lowest BCUT2D eigenvalue weighted by Crippen LogP contribution is -2.40. The molecular formula is C17H25NO2. The fourth-order valence-electron chi connectivity index (χ4n) is 3.00. The summed E-state index contributed by atoms with van der Waals surface area (Å²) in [5, 5.41) is 12.3. The van der Waals surface area contributed by atoms with Crippen LogP contribution in [0.15, 0.2) is 24.3 Å². The molecule has 0 saturated heterocycles. The molecule has 20 heavy (non-hydrogen) atoms. The van der Waals surface area contributed by atoms with Crippen molar-refractivity contribution in [1.82, 2.24) is 5.32 Å². The third-order valence-electron chi connectivity index (χ3n) is 4.27. The van der Waals surface area contributed by atoms with Crippen molar-refractivity contribution in [1.29, 1.82) is 0 Å².